The van der Waals surface area contributed by atoms with Gasteiger partial charge in [0.15, 0.2) is 17.2 Å². The van der Waals surface area contributed by atoms with E-state index in [0.717, 1.165) is 11.1 Å². The molecule has 1 saturated heterocycles. The Balaban J connectivity index is 1.40. The topological polar surface area (TPSA) is 79.9 Å². The number of ether oxygens (including phenoxy) is 2. The van der Waals surface area contributed by atoms with E-state index in [9.17, 15) is 9.59 Å². The largest absolute Gasteiger partial charge is 0.490 e. The van der Waals surface area contributed by atoms with Crippen molar-refractivity contribution in [3.8, 4) is 11.5 Å². The van der Waals surface area contributed by atoms with Gasteiger partial charge in [0.05, 0.1) is 18.3 Å². The minimum atomic E-state index is -0.940. The van der Waals surface area contributed by atoms with Crippen LogP contribution in [-0.2, 0) is 6.54 Å². The maximum atomic E-state index is 13.3. The Morgan fingerprint density at radius 2 is 1.94 bits per heavy atom. The Labute approximate surface area is 205 Å². The van der Waals surface area contributed by atoms with Crippen LogP contribution in [0.2, 0.25) is 0 Å². The van der Waals surface area contributed by atoms with Crippen LogP contribution < -0.4 is 25.0 Å². The molecule has 3 aromatic carbocycles. The zero-order valence-corrected chi connectivity index (χ0v) is 20.1. The van der Waals surface area contributed by atoms with E-state index >= 15 is 0 Å². The monoisotopic (exact) mass is 471 g/mol. The van der Waals surface area contributed by atoms with Gasteiger partial charge in [0, 0.05) is 24.1 Å². The first-order chi connectivity index (χ1) is 16.9. The molecule has 3 aromatic rings. The van der Waals surface area contributed by atoms with Crippen molar-refractivity contribution in [2.75, 3.05) is 11.5 Å². The van der Waals surface area contributed by atoms with Gasteiger partial charge in [-0.05, 0) is 50.6 Å². The number of hydrogen-bond acceptors (Lipinski definition) is 4. The molecule has 0 saturated carbocycles. The van der Waals surface area contributed by atoms with Crippen molar-refractivity contribution in [1.82, 2.24) is 10.6 Å². The third kappa shape index (κ3) is 4.30. The number of urea groups is 1. The fourth-order valence-electron chi connectivity index (χ4n) is 4.80. The third-order valence-electron chi connectivity index (χ3n) is 6.50. The van der Waals surface area contributed by atoms with E-state index in [-0.39, 0.29) is 18.0 Å². The van der Waals surface area contributed by atoms with Crippen LogP contribution in [0.1, 0.15) is 53.4 Å². The smallest absolute Gasteiger partial charge is 0.325 e. The maximum Gasteiger partial charge on any atom is 0.325 e. The van der Waals surface area contributed by atoms with Gasteiger partial charge in [-0.15, -0.1) is 0 Å². The van der Waals surface area contributed by atoms with E-state index < -0.39 is 5.72 Å². The fraction of sp³-hybridized carbons (Fsp3) is 0.286. The molecule has 0 aromatic heterocycles. The van der Waals surface area contributed by atoms with Crippen LogP contribution in [-0.4, -0.2) is 24.3 Å². The Hall–Kier alpha value is -4.00. The number of carbonyl (C=O) groups is 2. The predicted octanol–water partition coefficient (Wildman–Crippen LogP) is 5.09. The number of para-hydroxylation sites is 1. The molecule has 0 spiro atoms. The quantitative estimate of drug-likeness (QED) is 0.525. The van der Waals surface area contributed by atoms with Gasteiger partial charge >= 0.3 is 6.03 Å². The molecule has 2 atom stereocenters. The number of nitrogens with one attached hydrogen (secondary N) is 2. The molecule has 2 N–H and O–H groups in total. The van der Waals surface area contributed by atoms with Crippen LogP contribution in [0.25, 0.3) is 0 Å². The van der Waals surface area contributed by atoms with Crippen molar-refractivity contribution in [2.45, 2.75) is 45.5 Å². The van der Waals surface area contributed by atoms with Crippen LogP contribution in [0.5, 0.6) is 11.5 Å². The molecule has 1 unspecified atom stereocenters. The summed E-state index contributed by atoms with van der Waals surface area (Å²) >= 11 is 0. The van der Waals surface area contributed by atoms with Crippen molar-refractivity contribution >= 4 is 17.6 Å². The molecule has 0 aliphatic carbocycles. The van der Waals surface area contributed by atoms with Crippen molar-refractivity contribution in [3.63, 3.8) is 0 Å². The van der Waals surface area contributed by atoms with Crippen LogP contribution in [0.4, 0.5) is 10.5 Å². The van der Waals surface area contributed by atoms with Gasteiger partial charge in [0.25, 0.3) is 5.91 Å². The third-order valence-corrected chi connectivity index (χ3v) is 6.50. The van der Waals surface area contributed by atoms with Crippen molar-refractivity contribution in [1.29, 1.82) is 0 Å². The highest BCUT2D eigenvalue weighted by Gasteiger charge is 2.50. The molecule has 2 aliphatic rings. The lowest BCUT2D eigenvalue weighted by Crippen LogP contribution is -2.65. The van der Waals surface area contributed by atoms with Gasteiger partial charge in [-0.2, -0.15) is 0 Å². The van der Waals surface area contributed by atoms with E-state index in [1.807, 2.05) is 69.3 Å². The predicted molar refractivity (Wildman–Crippen MR) is 134 cm³/mol. The average molecular weight is 472 g/mol. The van der Waals surface area contributed by atoms with Gasteiger partial charge in [0.1, 0.15) is 0 Å². The first kappa shape index (κ1) is 22.8. The summed E-state index contributed by atoms with van der Waals surface area (Å²) in [6, 6.07) is 20.4. The SMILES string of the molecule is CCOc1cccc2c1O[C@]1(C)CC2NC(=O)N1c1cccc(C(=O)NCc2ccc(C)cc2)c1. The Morgan fingerprint density at radius 1 is 1.17 bits per heavy atom. The highest BCUT2D eigenvalue weighted by molar-refractivity contribution is 5.99. The van der Waals surface area contributed by atoms with Gasteiger partial charge in [-0.3, -0.25) is 9.69 Å². The lowest BCUT2D eigenvalue weighted by Gasteiger charge is -2.50. The number of anilines is 1. The highest BCUT2D eigenvalue weighted by Crippen LogP contribution is 2.49. The first-order valence-electron chi connectivity index (χ1n) is 11.9. The molecule has 7 nitrogen and oxygen atoms in total. The number of rotatable bonds is 6. The standard InChI is InChI=1S/C28H29N3O4/c1-4-34-24-10-6-9-22-23-16-28(3,35-25(22)24)31(27(33)30-23)21-8-5-7-20(15-21)26(32)29-17-19-13-11-18(2)12-14-19/h5-15,23H,4,16-17H2,1-3H3,(H,29,32)(H,30,33)/t23?,28-/m1/s1. The van der Waals surface area contributed by atoms with Crippen LogP contribution >= 0.6 is 0 Å². The van der Waals surface area contributed by atoms with E-state index in [2.05, 4.69) is 10.6 Å². The summed E-state index contributed by atoms with van der Waals surface area (Å²) in [5.74, 6) is 1.09. The molecule has 5 rings (SSSR count). The van der Waals surface area contributed by atoms with Crippen molar-refractivity contribution < 1.29 is 19.1 Å². The lowest BCUT2D eigenvalue weighted by molar-refractivity contribution is 0.0343. The van der Waals surface area contributed by atoms with Gasteiger partial charge in [-0.1, -0.05) is 48.0 Å². The van der Waals surface area contributed by atoms with Crippen LogP contribution in [0, 0.1) is 6.92 Å². The molecule has 2 heterocycles. The molecular formula is C28H29N3O4. The average Bonchev–Trinajstić information content (AvgIpc) is 2.84. The minimum Gasteiger partial charge on any atom is -0.490 e. The second kappa shape index (κ2) is 8.98. The fourth-order valence-corrected chi connectivity index (χ4v) is 4.80. The molecule has 3 amide bonds. The first-order valence-corrected chi connectivity index (χ1v) is 11.9. The molecule has 2 bridgehead atoms. The van der Waals surface area contributed by atoms with E-state index in [0.29, 0.717) is 42.3 Å². The second-order valence-electron chi connectivity index (χ2n) is 9.14. The lowest BCUT2D eigenvalue weighted by atomic mass is 9.89. The number of fused-ring (bicyclic) bond motifs is 4. The molecule has 35 heavy (non-hydrogen) atoms. The number of carbonyl (C=O) groups excluding carboxylic acids is 2. The van der Waals surface area contributed by atoms with E-state index in [1.54, 1.807) is 23.1 Å². The van der Waals surface area contributed by atoms with Gasteiger partial charge < -0.3 is 20.1 Å². The summed E-state index contributed by atoms with van der Waals surface area (Å²) < 4.78 is 12.3. The van der Waals surface area contributed by atoms with E-state index in [1.165, 1.54) is 5.56 Å². The van der Waals surface area contributed by atoms with Crippen molar-refractivity contribution in [3.05, 3.63) is 89.0 Å². The summed E-state index contributed by atoms with van der Waals surface area (Å²) in [7, 11) is 0. The zero-order chi connectivity index (χ0) is 24.6. The Morgan fingerprint density at radius 3 is 2.71 bits per heavy atom. The summed E-state index contributed by atoms with van der Waals surface area (Å²) in [5, 5.41) is 6.06. The summed E-state index contributed by atoms with van der Waals surface area (Å²) in [6.07, 6.45) is 0.561. The normalized spacial score (nSPS) is 20.4. The number of hydrogen-bond donors (Lipinski definition) is 2. The molecule has 2 aliphatic heterocycles. The summed E-state index contributed by atoms with van der Waals surface area (Å²) in [5.41, 5.74) is 3.22. The molecule has 7 heteroatoms. The molecule has 180 valence electrons. The highest BCUT2D eigenvalue weighted by atomic mass is 16.5. The second-order valence-corrected chi connectivity index (χ2v) is 9.14. The maximum absolute atomic E-state index is 13.3. The molecular weight excluding hydrogens is 442 g/mol. The number of nitrogens with zero attached hydrogens (tertiary/aromatic N) is 1. The molecule has 0 radical (unpaired) electrons. The Kier molecular flexibility index (Phi) is 5.84. The van der Waals surface area contributed by atoms with Crippen LogP contribution in [0.3, 0.4) is 0 Å². The number of aryl methyl sites for hydroxylation is 1. The number of amides is 3. The summed E-state index contributed by atoms with van der Waals surface area (Å²) in [4.78, 5) is 27.7. The van der Waals surface area contributed by atoms with Crippen LogP contribution in [0.15, 0.2) is 66.7 Å². The number of benzene rings is 3. The van der Waals surface area contributed by atoms with Crippen molar-refractivity contribution in [2.24, 2.45) is 0 Å². The summed E-state index contributed by atoms with van der Waals surface area (Å²) in [6.45, 7) is 6.78. The van der Waals surface area contributed by atoms with Gasteiger partial charge in [0.2, 0.25) is 0 Å². The minimum absolute atomic E-state index is 0.186. The molecule has 1 fully saturated rings. The zero-order valence-electron chi connectivity index (χ0n) is 20.1. The van der Waals surface area contributed by atoms with Gasteiger partial charge in [-0.25, -0.2) is 4.79 Å². The Bertz CT molecular complexity index is 1270. The van der Waals surface area contributed by atoms with E-state index in [4.69, 9.17) is 9.47 Å².